The Bertz CT molecular complexity index is 301. The van der Waals surface area contributed by atoms with Gasteiger partial charge in [-0.1, -0.05) is 47.8 Å². The molecule has 0 spiro atoms. The second-order valence-electron chi connectivity index (χ2n) is 4.61. The van der Waals surface area contributed by atoms with Crippen LogP contribution < -0.4 is 0 Å². The number of carbonyl (C=O) groups is 1. The maximum Gasteiger partial charge on any atom is 0.333 e. The van der Waals surface area contributed by atoms with Gasteiger partial charge in [-0.3, -0.25) is 0 Å². The van der Waals surface area contributed by atoms with Crippen LogP contribution in [-0.2, 0) is 9.53 Å². The van der Waals surface area contributed by atoms with Gasteiger partial charge in [0.25, 0.3) is 0 Å². The van der Waals surface area contributed by atoms with Gasteiger partial charge in [-0.05, 0) is 36.1 Å². The minimum absolute atomic E-state index is 0.303. The molecule has 0 aliphatic heterocycles. The molecule has 1 aliphatic rings. The van der Waals surface area contributed by atoms with E-state index in [1.54, 1.807) is 0 Å². The number of hydrogen-bond donors (Lipinski definition) is 0. The van der Waals surface area contributed by atoms with Crippen molar-refractivity contribution in [3.63, 3.8) is 0 Å². The van der Waals surface area contributed by atoms with Gasteiger partial charge >= 0.3 is 5.97 Å². The summed E-state index contributed by atoms with van der Waals surface area (Å²) in [6.45, 7) is 3.72. The van der Waals surface area contributed by atoms with Gasteiger partial charge in [-0.25, -0.2) is 4.79 Å². The molecule has 1 rings (SSSR count). The molecule has 96 valence electrons. The molecule has 3 heteroatoms. The summed E-state index contributed by atoms with van der Waals surface area (Å²) < 4.78 is 5.81. The van der Waals surface area contributed by atoms with E-state index in [0.29, 0.717) is 17.9 Å². The number of halogens is 1. The van der Waals surface area contributed by atoms with Crippen LogP contribution >= 0.6 is 15.9 Å². The molecule has 0 radical (unpaired) electrons. The first kappa shape index (κ1) is 14.5. The van der Waals surface area contributed by atoms with E-state index in [-0.39, 0.29) is 5.97 Å². The van der Waals surface area contributed by atoms with E-state index in [1.165, 1.54) is 43.7 Å². The number of esters is 1. The maximum atomic E-state index is 11.2. The van der Waals surface area contributed by atoms with Gasteiger partial charge in [0.15, 0.2) is 0 Å². The first-order chi connectivity index (χ1) is 8.13. The van der Waals surface area contributed by atoms with E-state index in [2.05, 4.69) is 33.3 Å². The minimum atomic E-state index is -0.303. The lowest BCUT2D eigenvalue weighted by atomic mass is 9.89. The monoisotopic (exact) mass is 300 g/mol. The topological polar surface area (TPSA) is 26.3 Å². The standard InChI is InChI=1S/C14H21BrO2/c1-11(14(16)17-2)8-9-13(15)10-12-6-4-3-5-7-12/h10,12H,1,3-9H2,2H3/b13-10+. The zero-order chi connectivity index (χ0) is 12.7. The average Bonchev–Trinajstić information content (AvgIpc) is 2.36. The summed E-state index contributed by atoms with van der Waals surface area (Å²) in [4.78, 5) is 11.2. The first-order valence-electron chi connectivity index (χ1n) is 6.25. The molecule has 0 aromatic heterocycles. The molecule has 0 amide bonds. The predicted octanol–water partition coefficient (Wildman–Crippen LogP) is 4.35. The molecule has 0 bridgehead atoms. The second kappa shape index (κ2) is 7.70. The normalized spacial score (nSPS) is 17.9. The quantitative estimate of drug-likeness (QED) is 0.557. The third kappa shape index (κ3) is 5.53. The van der Waals surface area contributed by atoms with Gasteiger partial charge in [-0.15, -0.1) is 0 Å². The van der Waals surface area contributed by atoms with Crippen LogP contribution in [0.25, 0.3) is 0 Å². The van der Waals surface area contributed by atoms with Crippen molar-refractivity contribution in [3.05, 3.63) is 22.7 Å². The fourth-order valence-electron chi connectivity index (χ4n) is 2.16. The Morgan fingerprint density at radius 2 is 2.00 bits per heavy atom. The van der Waals surface area contributed by atoms with Crippen LogP contribution in [0, 0.1) is 5.92 Å². The SMILES string of the molecule is C=C(CC/C(Br)=C\C1CCCCC1)C(=O)OC. The van der Waals surface area contributed by atoms with Crippen molar-refractivity contribution in [3.8, 4) is 0 Å². The molecular formula is C14H21BrO2. The summed E-state index contributed by atoms with van der Waals surface area (Å²) >= 11 is 3.58. The molecule has 0 atom stereocenters. The highest BCUT2D eigenvalue weighted by atomic mass is 79.9. The Labute approximate surface area is 112 Å². The van der Waals surface area contributed by atoms with Crippen molar-refractivity contribution in [2.45, 2.75) is 44.9 Å². The van der Waals surface area contributed by atoms with E-state index in [9.17, 15) is 4.79 Å². The van der Waals surface area contributed by atoms with Crippen molar-refractivity contribution in [1.29, 1.82) is 0 Å². The highest BCUT2D eigenvalue weighted by Crippen LogP contribution is 2.28. The molecule has 0 N–H and O–H groups in total. The minimum Gasteiger partial charge on any atom is -0.466 e. The van der Waals surface area contributed by atoms with Crippen LogP contribution in [0.4, 0.5) is 0 Å². The van der Waals surface area contributed by atoms with E-state index >= 15 is 0 Å². The number of methoxy groups -OCH3 is 1. The summed E-state index contributed by atoms with van der Waals surface area (Å²) in [5.74, 6) is 0.410. The van der Waals surface area contributed by atoms with Gasteiger partial charge in [0.1, 0.15) is 0 Å². The van der Waals surface area contributed by atoms with Gasteiger partial charge < -0.3 is 4.74 Å². The van der Waals surface area contributed by atoms with Crippen LogP contribution in [0.2, 0.25) is 0 Å². The molecule has 2 nitrogen and oxygen atoms in total. The maximum absolute atomic E-state index is 11.2. The van der Waals surface area contributed by atoms with E-state index in [1.807, 2.05) is 0 Å². The van der Waals surface area contributed by atoms with Crippen LogP contribution in [0.15, 0.2) is 22.7 Å². The number of rotatable bonds is 5. The Morgan fingerprint density at radius 1 is 1.35 bits per heavy atom. The third-order valence-electron chi connectivity index (χ3n) is 3.21. The van der Waals surface area contributed by atoms with Gasteiger partial charge in [0.2, 0.25) is 0 Å². The molecule has 1 aliphatic carbocycles. The molecule has 0 saturated heterocycles. The number of allylic oxidation sites excluding steroid dienone is 2. The van der Waals surface area contributed by atoms with Gasteiger partial charge in [0, 0.05) is 5.57 Å². The van der Waals surface area contributed by atoms with E-state index < -0.39 is 0 Å². The summed E-state index contributed by atoms with van der Waals surface area (Å²) in [5, 5.41) is 0. The molecular weight excluding hydrogens is 280 g/mol. The number of ether oxygens (including phenoxy) is 1. The lowest BCUT2D eigenvalue weighted by Gasteiger charge is -2.18. The van der Waals surface area contributed by atoms with Crippen LogP contribution in [0.1, 0.15) is 44.9 Å². The van der Waals surface area contributed by atoms with Gasteiger partial charge in [-0.2, -0.15) is 0 Å². The molecule has 0 aromatic carbocycles. The fraction of sp³-hybridized carbons (Fsp3) is 0.643. The van der Waals surface area contributed by atoms with Crippen molar-refractivity contribution < 1.29 is 9.53 Å². The Balaban J connectivity index is 2.32. The van der Waals surface area contributed by atoms with Crippen molar-refractivity contribution in [2.75, 3.05) is 7.11 Å². The van der Waals surface area contributed by atoms with Crippen LogP contribution in [0.5, 0.6) is 0 Å². The fourth-order valence-corrected chi connectivity index (χ4v) is 2.73. The summed E-state index contributed by atoms with van der Waals surface area (Å²) in [6.07, 6.45) is 10.5. The molecule has 0 heterocycles. The second-order valence-corrected chi connectivity index (χ2v) is 5.63. The van der Waals surface area contributed by atoms with Crippen molar-refractivity contribution >= 4 is 21.9 Å². The third-order valence-corrected chi connectivity index (χ3v) is 3.87. The predicted molar refractivity (Wildman–Crippen MR) is 74.0 cm³/mol. The lowest BCUT2D eigenvalue weighted by Crippen LogP contribution is -2.04. The van der Waals surface area contributed by atoms with Crippen LogP contribution in [-0.4, -0.2) is 13.1 Å². The first-order valence-corrected chi connectivity index (χ1v) is 7.05. The molecule has 17 heavy (non-hydrogen) atoms. The zero-order valence-corrected chi connectivity index (χ0v) is 12.1. The average molecular weight is 301 g/mol. The highest BCUT2D eigenvalue weighted by molar-refractivity contribution is 9.11. The highest BCUT2D eigenvalue weighted by Gasteiger charge is 2.12. The smallest absolute Gasteiger partial charge is 0.333 e. The zero-order valence-electron chi connectivity index (χ0n) is 10.5. The molecule has 0 aromatic rings. The Hall–Kier alpha value is -0.570. The van der Waals surface area contributed by atoms with Gasteiger partial charge in [0.05, 0.1) is 7.11 Å². The molecule has 0 unspecified atom stereocenters. The Morgan fingerprint density at radius 3 is 2.59 bits per heavy atom. The number of hydrogen-bond acceptors (Lipinski definition) is 2. The largest absolute Gasteiger partial charge is 0.466 e. The summed E-state index contributed by atoms with van der Waals surface area (Å²) in [6, 6.07) is 0. The Kier molecular flexibility index (Phi) is 6.56. The summed E-state index contributed by atoms with van der Waals surface area (Å²) in [5.41, 5.74) is 0.543. The molecule has 1 saturated carbocycles. The van der Waals surface area contributed by atoms with Crippen LogP contribution in [0.3, 0.4) is 0 Å². The van der Waals surface area contributed by atoms with Crippen molar-refractivity contribution in [1.82, 2.24) is 0 Å². The lowest BCUT2D eigenvalue weighted by molar-refractivity contribution is -0.136. The van der Waals surface area contributed by atoms with Crippen molar-refractivity contribution in [2.24, 2.45) is 5.92 Å². The number of carbonyl (C=O) groups excluding carboxylic acids is 1. The van der Waals surface area contributed by atoms with E-state index in [0.717, 1.165) is 6.42 Å². The molecule has 1 fully saturated rings. The summed E-state index contributed by atoms with van der Waals surface area (Å²) in [7, 11) is 1.39. The van der Waals surface area contributed by atoms with E-state index in [4.69, 9.17) is 0 Å².